The Balaban J connectivity index is 1.71. The highest BCUT2D eigenvalue weighted by molar-refractivity contribution is 6.09. The van der Waals surface area contributed by atoms with Crippen molar-refractivity contribution in [3.05, 3.63) is 59.4 Å². The largest absolute Gasteiger partial charge is 0.481 e. The molecule has 118 valence electrons. The number of rotatable bonds is 4. The van der Waals surface area contributed by atoms with Crippen LogP contribution < -0.4 is 0 Å². The molecule has 0 aliphatic carbocycles. The number of aromatic nitrogens is 1. The normalized spacial score (nSPS) is 17.2. The van der Waals surface area contributed by atoms with Crippen molar-refractivity contribution in [2.45, 2.75) is 6.42 Å². The molecule has 0 radical (unpaired) electrons. The molecule has 6 nitrogen and oxygen atoms in total. The van der Waals surface area contributed by atoms with Gasteiger partial charge in [-0.25, -0.2) is 0 Å². The van der Waals surface area contributed by atoms with Crippen molar-refractivity contribution in [3.63, 3.8) is 0 Å². The molecule has 3 rings (SSSR count). The van der Waals surface area contributed by atoms with Crippen LogP contribution in [0.25, 0.3) is 0 Å². The number of carboxylic acid groups (broad SMARTS) is 1. The summed E-state index contributed by atoms with van der Waals surface area (Å²) in [6, 6.07) is 8.14. The Morgan fingerprint density at radius 1 is 1.04 bits per heavy atom. The number of amides is 1. The molecule has 2 heterocycles. The molecular weight excluding hydrogens is 296 g/mol. The first kappa shape index (κ1) is 15.0. The summed E-state index contributed by atoms with van der Waals surface area (Å²) in [4.78, 5) is 39.9. The van der Waals surface area contributed by atoms with E-state index in [1.165, 1.54) is 0 Å². The summed E-state index contributed by atoms with van der Waals surface area (Å²) in [7, 11) is 0. The maximum atomic E-state index is 12.4. The lowest BCUT2D eigenvalue weighted by molar-refractivity contribution is -0.141. The van der Waals surface area contributed by atoms with Gasteiger partial charge in [-0.05, 0) is 24.6 Å². The third-order valence-electron chi connectivity index (χ3n) is 4.08. The maximum absolute atomic E-state index is 12.4. The summed E-state index contributed by atoms with van der Waals surface area (Å²) in [5.41, 5.74) is 1.53. The second-order valence-electron chi connectivity index (χ2n) is 5.58. The Kier molecular flexibility index (Phi) is 3.97. The highest BCUT2D eigenvalue weighted by Crippen LogP contribution is 2.19. The molecule has 6 heteroatoms. The van der Waals surface area contributed by atoms with Crippen LogP contribution in [-0.2, 0) is 4.79 Å². The zero-order chi connectivity index (χ0) is 16.4. The first-order chi connectivity index (χ1) is 11.1. The van der Waals surface area contributed by atoms with Gasteiger partial charge >= 0.3 is 5.97 Å². The van der Waals surface area contributed by atoms with Crippen LogP contribution in [0.1, 0.15) is 32.7 Å². The molecule has 0 saturated carbocycles. The zero-order valence-electron chi connectivity index (χ0n) is 12.4. The number of carbonyl (C=O) groups excluding carboxylic acids is 2. The van der Waals surface area contributed by atoms with E-state index in [9.17, 15) is 14.4 Å². The smallest absolute Gasteiger partial charge is 0.308 e. The third kappa shape index (κ3) is 3.01. The van der Waals surface area contributed by atoms with Gasteiger partial charge in [-0.2, -0.15) is 0 Å². The Morgan fingerprint density at radius 3 is 2.30 bits per heavy atom. The molecule has 1 amide bonds. The third-order valence-corrected chi connectivity index (χ3v) is 4.08. The van der Waals surface area contributed by atoms with Gasteiger partial charge in [0.25, 0.3) is 5.91 Å². The van der Waals surface area contributed by atoms with Crippen LogP contribution in [0.3, 0.4) is 0 Å². The average Bonchev–Trinajstić information content (AvgIpc) is 3.25. The lowest BCUT2D eigenvalue weighted by Crippen LogP contribution is -2.29. The van der Waals surface area contributed by atoms with Crippen molar-refractivity contribution in [2.24, 2.45) is 5.92 Å². The monoisotopic (exact) mass is 312 g/mol. The van der Waals surface area contributed by atoms with E-state index in [2.05, 4.69) is 4.98 Å². The fourth-order valence-corrected chi connectivity index (χ4v) is 2.72. The highest BCUT2D eigenvalue weighted by atomic mass is 16.4. The van der Waals surface area contributed by atoms with Crippen molar-refractivity contribution in [1.29, 1.82) is 0 Å². The molecule has 1 saturated heterocycles. The Labute approximate surface area is 132 Å². The van der Waals surface area contributed by atoms with Gasteiger partial charge in [-0.15, -0.1) is 0 Å². The fourth-order valence-electron chi connectivity index (χ4n) is 2.72. The summed E-state index contributed by atoms with van der Waals surface area (Å²) >= 11 is 0. The molecule has 23 heavy (non-hydrogen) atoms. The van der Waals surface area contributed by atoms with E-state index < -0.39 is 11.9 Å². The number of hydrogen-bond donors (Lipinski definition) is 2. The quantitative estimate of drug-likeness (QED) is 0.842. The minimum atomic E-state index is -0.868. The average molecular weight is 312 g/mol. The van der Waals surface area contributed by atoms with Crippen LogP contribution in [0.2, 0.25) is 0 Å². The van der Waals surface area contributed by atoms with E-state index in [1.54, 1.807) is 47.6 Å². The number of ketones is 1. The number of hydrogen-bond acceptors (Lipinski definition) is 3. The topological polar surface area (TPSA) is 90.5 Å². The maximum Gasteiger partial charge on any atom is 0.308 e. The summed E-state index contributed by atoms with van der Waals surface area (Å²) in [5.74, 6) is -1.67. The molecule has 0 bridgehead atoms. The molecule has 1 aliphatic heterocycles. The molecular formula is C17H16N2O4. The molecule has 0 unspecified atom stereocenters. The first-order valence-corrected chi connectivity index (χ1v) is 7.36. The van der Waals surface area contributed by atoms with Gasteiger partial charge in [0, 0.05) is 42.2 Å². The van der Waals surface area contributed by atoms with Crippen molar-refractivity contribution in [2.75, 3.05) is 13.1 Å². The number of carbonyl (C=O) groups is 3. The zero-order valence-corrected chi connectivity index (χ0v) is 12.4. The number of carboxylic acids is 1. The van der Waals surface area contributed by atoms with E-state index in [4.69, 9.17) is 5.11 Å². The number of aromatic amines is 1. The molecule has 0 spiro atoms. The van der Waals surface area contributed by atoms with Gasteiger partial charge in [0.2, 0.25) is 0 Å². The molecule has 1 aromatic heterocycles. The van der Waals surface area contributed by atoms with Crippen molar-refractivity contribution >= 4 is 17.7 Å². The Bertz CT molecular complexity index is 734. The fraction of sp³-hybridized carbons (Fsp3) is 0.235. The van der Waals surface area contributed by atoms with Gasteiger partial charge < -0.3 is 15.0 Å². The van der Waals surface area contributed by atoms with Gasteiger partial charge in [-0.1, -0.05) is 12.1 Å². The van der Waals surface area contributed by atoms with Crippen LogP contribution in [0, 0.1) is 5.92 Å². The lowest BCUT2D eigenvalue weighted by Gasteiger charge is -2.15. The summed E-state index contributed by atoms with van der Waals surface area (Å²) in [6.07, 6.45) is 3.78. The second kappa shape index (κ2) is 6.08. The van der Waals surface area contributed by atoms with Crippen molar-refractivity contribution in [3.8, 4) is 0 Å². The van der Waals surface area contributed by atoms with Crippen molar-refractivity contribution < 1.29 is 19.5 Å². The molecule has 1 atom stereocenters. The molecule has 1 aromatic carbocycles. The predicted octanol–water partition coefficient (Wildman–Crippen LogP) is 1.79. The number of nitrogens with one attached hydrogen (secondary N) is 1. The number of likely N-dealkylation sites (tertiary alicyclic amines) is 1. The minimum Gasteiger partial charge on any atom is -0.481 e. The number of benzene rings is 1. The van der Waals surface area contributed by atoms with Crippen LogP contribution in [0.5, 0.6) is 0 Å². The lowest BCUT2D eigenvalue weighted by atomic mass is 10.0. The van der Waals surface area contributed by atoms with Gasteiger partial charge in [0.1, 0.15) is 0 Å². The van der Waals surface area contributed by atoms with E-state index >= 15 is 0 Å². The SMILES string of the molecule is O=C(c1ccc(C(=O)N2CC[C@@H](C(=O)O)C2)cc1)c1cc[nH]c1. The van der Waals surface area contributed by atoms with E-state index in [0.717, 1.165) is 0 Å². The molecule has 1 fully saturated rings. The molecule has 1 aliphatic rings. The molecule has 2 aromatic rings. The Morgan fingerprint density at radius 2 is 1.74 bits per heavy atom. The first-order valence-electron chi connectivity index (χ1n) is 7.36. The molecule has 2 N–H and O–H groups in total. The van der Waals surface area contributed by atoms with Gasteiger partial charge in [0.05, 0.1) is 5.92 Å². The summed E-state index contributed by atoms with van der Waals surface area (Å²) in [6.45, 7) is 0.679. The number of H-pyrrole nitrogens is 1. The highest BCUT2D eigenvalue weighted by Gasteiger charge is 2.31. The predicted molar refractivity (Wildman–Crippen MR) is 82.3 cm³/mol. The van der Waals surface area contributed by atoms with Gasteiger partial charge in [-0.3, -0.25) is 14.4 Å². The second-order valence-corrected chi connectivity index (χ2v) is 5.58. The van der Waals surface area contributed by atoms with Crippen molar-refractivity contribution in [1.82, 2.24) is 9.88 Å². The summed E-state index contributed by atoms with van der Waals surface area (Å²) < 4.78 is 0. The van der Waals surface area contributed by atoms with E-state index in [1.807, 2.05) is 0 Å². The van der Waals surface area contributed by atoms with E-state index in [0.29, 0.717) is 29.7 Å². The Hall–Kier alpha value is -2.89. The van der Waals surface area contributed by atoms with E-state index in [-0.39, 0.29) is 18.2 Å². The van der Waals surface area contributed by atoms with Crippen LogP contribution >= 0.6 is 0 Å². The standard InChI is InChI=1S/C17H16N2O4/c20-15(13-5-7-18-9-13)11-1-3-12(4-2-11)16(21)19-8-6-14(10-19)17(22)23/h1-5,7,9,14,18H,6,8,10H2,(H,22,23)/t14-/m1/s1. The number of nitrogens with zero attached hydrogens (tertiary/aromatic N) is 1. The van der Waals surface area contributed by atoms with Crippen LogP contribution in [0.4, 0.5) is 0 Å². The van der Waals surface area contributed by atoms with Crippen LogP contribution in [-0.4, -0.2) is 45.7 Å². The number of aliphatic carboxylic acids is 1. The summed E-state index contributed by atoms with van der Waals surface area (Å²) in [5, 5.41) is 8.99. The van der Waals surface area contributed by atoms with Gasteiger partial charge in [0.15, 0.2) is 5.78 Å². The minimum absolute atomic E-state index is 0.114. The van der Waals surface area contributed by atoms with Crippen LogP contribution in [0.15, 0.2) is 42.7 Å².